The Hall–Kier alpha value is -3.69. The molecule has 9 nitrogen and oxygen atoms in total. The molecule has 0 spiro atoms. The van der Waals surface area contributed by atoms with Gasteiger partial charge in [0.2, 0.25) is 12.3 Å². The van der Waals surface area contributed by atoms with E-state index < -0.39 is 6.04 Å². The Morgan fingerprint density at radius 2 is 1.87 bits per heavy atom. The highest BCUT2D eigenvalue weighted by Crippen LogP contribution is 2.34. The number of benzene rings is 2. The summed E-state index contributed by atoms with van der Waals surface area (Å²) in [5.74, 6) is 0.327. The lowest BCUT2D eigenvalue weighted by Crippen LogP contribution is -2.49. The summed E-state index contributed by atoms with van der Waals surface area (Å²) in [6.45, 7) is 9.91. The maximum Gasteiger partial charge on any atom is 0.255 e. The molecule has 38 heavy (non-hydrogen) atoms. The summed E-state index contributed by atoms with van der Waals surface area (Å²) >= 11 is 0. The number of carbonyl (C=O) groups is 3. The maximum absolute atomic E-state index is 13.1. The van der Waals surface area contributed by atoms with Crippen molar-refractivity contribution in [1.82, 2.24) is 20.0 Å². The molecule has 2 fully saturated rings. The normalized spacial score (nSPS) is 19.7. The molecule has 0 saturated carbocycles. The molecule has 1 unspecified atom stereocenters. The first-order valence-corrected chi connectivity index (χ1v) is 13.1. The Morgan fingerprint density at radius 1 is 1.11 bits per heavy atom. The number of nitrogens with zero attached hydrogens (tertiary/aromatic N) is 3. The molecule has 9 heteroatoms. The molecule has 3 aliphatic rings. The van der Waals surface area contributed by atoms with Crippen molar-refractivity contribution in [3.63, 3.8) is 0 Å². The summed E-state index contributed by atoms with van der Waals surface area (Å²) in [7, 11) is 0. The van der Waals surface area contributed by atoms with Crippen molar-refractivity contribution in [2.24, 2.45) is 0 Å². The van der Waals surface area contributed by atoms with E-state index in [0.717, 1.165) is 55.9 Å². The average molecular weight is 519 g/mol. The van der Waals surface area contributed by atoms with Crippen LogP contribution in [0.4, 0.5) is 0 Å². The number of nitrogens with one attached hydrogen (secondary N) is 1. The number of carbonyl (C=O) groups excluding carboxylic acids is 3. The number of allylic oxidation sites excluding steroid dienone is 1. The molecule has 3 aliphatic heterocycles. The summed E-state index contributed by atoms with van der Waals surface area (Å²) in [5.41, 5.74) is 4.13. The molecule has 2 saturated heterocycles. The van der Waals surface area contributed by atoms with Crippen LogP contribution in [-0.2, 0) is 34.0 Å². The molecular formula is C29H34N4O5. The van der Waals surface area contributed by atoms with Gasteiger partial charge in [0.05, 0.1) is 19.8 Å². The van der Waals surface area contributed by atoms with Crippen molar-refractivity contribution in [2.75, 3.05) is 39.4 Å². The fourth-order valence-electron chi connectivity index (χ4n) is 5.17. The predicted octanol–water partition coefficient (Wildman–Crippen LogP) is 2.30. The zero-order chi connectivity index (χ0) is 26.5. The van der Waals surface area contributed by atoms with Gasteiger partial charge in [-0.25, -0.2) is 0 Å². The van der Waals surface area contributed by atoms with Gasteiger partial charge in [0.25, 0.3) is 5.91 Å². The number of ether oxygens (including phenoxy) is 2. The van der Waals surface area contributed by atoms with E-state index in [0.29, 0.717) is 56.1 Å². The van der Waals surface area contributed by atoms with Crippen molar-refractivity contribution in [2.45, 2.75) is 38.6 Å². The fraction of sp³-hybridized carbons (Fsp3) is 0.414. The Kier molecular flexibility index (Phi) is 8.05. The van der Waals surface area contributed by atoms with Crippen LogP contribution in [0.15, 0.2) is 54.7 Å². The van der Waals surface area contributed by atoms with E-state index in [4.69, 9.17) is 9.47 Å². The van der Waals surface area contributed by atoms with Crippen molar-refractivity contribution in [3.8, 4) is 5.75 Å². The van der Waals surface area contributed by atoms with Crippen LogP contribution in [0, 0.1) is 0 Å². The van der Waals surface area contributed by atoms with Crippen LogP contribution in [0.25, 0.3) is 0 Å². The number of morpholine rings is 1. The minimum absolute atomic E-state index is 0.143. The molecule has 0 aromatic heterocycles. The first-order chi connectivity index (χ1) is 18.5. The highest BCUT2D eigenvalue weighted by molar-refractivity contribution is 6.02. The van der Waals surface area contributed by atoms with E-state index in [9.17, 15) is 14.4 Å². The van der Waals surface area contributed by atoms with E-state index >= 15 is 0 Å². The molecule has 0 radical (unpaired) electrons. The first-order valence-electron chi connectivity index (χ1n) is 13.1. The predicted molar refractivity (Wildman–Crippen MR) is 141 cm³/mol. The van der Waals surface area contributed by atoms with E-state index in [1.54, 1.807) is 15.9 Å². The zero-order valence-corrected chi connectivity index (χ0v) is 21.6. The van der Waals surface area contributed by atoms with Crippen LogP contribution in [0.5, 0.6) is 5.75 Å². The highest BCUT2D eigenvalue weighted by Gasteiger charge is 2.39. The number of hydrogen-bond donors (Lipinski definition) is 1. The molecule has 2 aromatic rings. The number of rotatable bonds is 10. The maximum atomic E-state index is 13.1. The van der Waals surface area contributed by atoms with Crippen LogP contribution < -0.4 is 10.1 Å². The topological polar surface area (TPSA) is 91.4 Å². The van der Waals surface area contributed by atoms with Crippen molar-refractivity contribution < 1.29 is 23.9 Å². The Morgan fingerprint density at radius 3 is 2.61 bits per heavy atom. The largest absolute Gasteiger partial charge is 0.489 e. The van der Waals surface area contributed by atoms with Gasteiger partial charge in [0, 0.05) is 49.5 Å². The van der Waals surface area contributed by atoms with Gasteiger partial charge in [-0.05, 0) is 36.1 Å². The second-order valence-corrected chi connectivity index (χ2v) is 10.00. The highest BCUT2D eigenvalue weighted by atomic mass is 16.5. The van der Waals surface area contributed by atoms with Crippen LogP contribution in [0.1, 0.15) is 39.9 Å². The lowest BCUT2D eigenvalue weighted by Gasteiger charge is -2.31. The standard InChI is InChI=1S/C29H34N4O5/c1-21-5-10-26(28(35)30-21)33-18-25-24(29(33)36)3-2-4-27(25)38-19-23-8-6-22(7-9-23)17-32(20-34)12-11-31-13-15-37-16-14-31/h2-4,6-9,20,26H,1,5,10-19H2,(H,30,35). The zero-order valence-electron chi connectivity index (χ0n) is 21.6. The van der Waals surface area contributed by atoms with Gasteiger partial charge < -0.3 is 24.6 Å². The molecule has 200 valence electrons. The van der Waals surface area contributed by atoms with Crippen molar-refractivity contribution in [3.05, 3.63) is 77.0 Å². The second kappa shape index (κ2) is 11.8. The van der Waals surface area contributed by atoms with Gasteiger partial charge >= 0.3 is 0 Å². The fourth-order valence-corrected chi connectivity index (χ4v) is 5.17. The monoisotopic (exact) mass is 518 g/mol. The quantitative estimate of drug-likeness (QED) is 0.486. The molecule has 1 N–H and O–H groups in total. The SMILES string of the molecule is C=C1CCC(N2Cc3c(OCc4ccc(CN(C=O)CCN5CCOCC5)cc4)cccc3C2=O)C(=O)N1. The Balaban J connectivity index is 1.16. The number of fused-ring (bicyclic) bond motifs is 1. The van der Waals surface area contributed by atoms with E-state index in [2.05, 4.69) is 16.8 Å². The summed E-state index contributed by atoms with van der Waals surface area (Å²) < 4.78 is 11.5. The first kappa shape index (κ1) is 25.9. The molecule has 3 heterocycles. The van der Waals surface area contributed by atoms with E-state index in [1.165, 1.54) is 0 Å². The molecular weight excluding hydrogens is 484 g/mol. The summed E-state index contributed by atoms with van der Waals surface area (Å²) in [6, 6.07) is 13.0. The van der Waals surface area contributed by atoms with E-state index in [-0.39, 0.29) is 11.8 Å². The van der Waals surface area contributed by atoms with Crippen molar-refractivity contribution in [1.29, 1.82) is 0 Å². The Bertz CT molecular complexity index is 1190. The smallest absolute Gasteiger partial charge is 0.255 e. The van der Waals surface area contributed by atoms with Crippen LogP contribution in [0.3, 0.4) is 0 Å². The summed E-state index contributed by atoms with van der Waals surface area (Å²) in [5, 5.41) is 2.77. The van der Waals surface area contributed by atoms with Gasteiger partial charge in [-0.15, -0.1) is 0 Å². The van der Waals surface area contributed by atoms with Gasteiger partial charge in [0.15, 0.2) is 0 Å². The lowest BCUT2D eigenvalue weighted by molar-refractivity contribution is -0.126. The number of hydrogen-bond acceptors (Lipinski definition) is 6. The summed E-state index contributed by atoms with van der Waals surface area (Å²) in [4.78, 5) is 42.9. The molecule has 2 aromatic carbocycles. The summed E-state index contributed by atoms with van der Waals surface area (Å²) in [6.07, 6.45) is 2.14. The van der Waals surface area contributed by atoms with Crippen LogP contribution in [-0.4, -0.2) is 78.4 Å². The van der Waals surface area contributed by atoms with Crippen LogP contribution >= 0.6 is 0 Å². The molecule has 0 bridgehead atoms. The third-order valence-corrected chi connectivity index (χ3v) is 7.41. The third-order valence-electron chi connectivity index (χ3n) is 7.41. The van der Waals surface area contributed by atoms with Gasteiger partial charge in [0.1, 0.15) is 18.4 Å². The third kappa shape index (κ3) is 5.89. The van der Waals surface area contributed by atoms with Gasteiger partial charge in [-0.2, -0.15) is 0 Å². The average Bonchev–Trinajstić information content (AvgIpc) is 3.27. The molecule has 0 aliphatic carbocycles. The molecule has 1 atom stereocenters. The number of amides is 3. The van der Waals surface area contributed by atoms with Crippen molar-refractivity contribution >= 4 is 18.2 Å². The Labute approximate surface area is 223 Å². The lowest BCUT2D eigenvalue weighted by atomic mass is 10.0. The van der Waals surface area contributed by atoms with Gasteiger partial charge in [-0.1, -0.05) is 36.9 Å². The number of piperidine rings is 1. The second-order valence-electron chi connectivity index (χ2n) is 10.00. The van der Waals surface area contributed by atoms with E-state index in [1.807, 2.05) is 36.4 Å². The molecule has 5 rings (SSSR count). The minimum atomic E-state index is -0.499. The minimum Gasteiger partial charge on any atom is -0.489 e. The van der Waals surface area contributed by atoms with Crippen LogP contribution in [0.2, 0.25) is 0 Å². The molecule has 3 amide bonds. The van der Waals surface area contributed by atoms with Gasteiger partial charge in [-0.3, -0.25) is 19.3 Å².